The molecule has 3 rings (SSSR count). The van der Waals surface area contributed by atoms with E-state index in [1.54, 1.807) is 11.8 Å². The number of thiazole rings is 1. The monoisotopic (exact) mass is 591 g/mol. The van der Waals surface area contributed by atoms with Gasteiger partial charge in [0.25, 0.3) is 18.2 Å². The van der Waals surface area contributed by atoms with Gasteiger partial charge in [-0.2, -0.15) is 13.2 Å². The first-order valence-electron chi connectivity index (χ1n) is 13.0. The Bertz CT molecular complexity index is 1210. The van der Waals surface area contributed by atoms with E-state index in [2.05, 4.69) is 15.3 Å². The van der Waals surface area contributed by atoms with Crippen LogP contribution < -0.4 is 10.6 Å². The van der Waals surface area contributed by atoms with Gasteiger partial charge in [-0.25, -0.2) is 18.7 Å². The first kappa shape index (κ1) is 31.7. The second-order valence-electron chi connectivity index (χ2n) is 10.6. The summed E-state index contributed by atoms with van der Waals surface area (Å²) in [5, 5.41) is 14.6. The Labute approximate surface area is 233 Å². The van der Waals surface area contributed by atoms with Crippen molar-refractivity contribution in [2.75, 3.05) is 11.9 Å². The highest BCUT2D eigenvalue weighted by Gasteiger charge is 2.38. The maximum Gasteiger partial charge on any atom is 0.405 e. The van der Waals surface area contributed by atoms with Gasteiger partial charge in [-0.15, -0.1) is 11.3 Å². The Morgan fingerprint density at radius 3 is 2.50 bits per heavy atom. The average molecular weight is 592 g/mol. The maximum atomic E-state index is 14.2. The number of nitrogens with one attached hydrogen (secondary N) is 2. The molecule has 3 unspecified atom stereocenters. The second-order valence-corrected chi connectivity index (χ2v) is 11.6. The molecule has 40 heavy (non-hydrogen) atoms. The van der Waals surface area contributed by atoms with Crippen LogP contribution in [0, 0.1) is 0 Å². The summed E-state index contributed by atoms with van der Waals surface area (Å²) < 4.78 is 66.4. The summed E-state index contributed by atoms with van der Waals surface area (Å²) >= 11 is 0.705. The minimum atomic E-state index is -4.59. The van der Waals surface area contributed by atoms with E-state index in [9.17, 15) is 36.6 Å². The third kappa shape index (κ3) is 7.45. The highest BCUT2D eigenvalue weighted by Crippen LogP contribution is 2.40. The van der Waals surface area contributed by atoms with Crippen LogP contribution in [0.3, 0.4) is 0 Å². The molecule has 3 N–H and O–H groups in total. The first-order valence-corrected chi connectivity index (χ1v) is 13.8. The molecule has 0 aliphatic carbocycles. The molecule has 14 heteroatoms. The Morgan fingerprint density at radius 2 is 1.93 bits per heavy atom. The predicted octanol–water partition coefficient (Wildman–Crippen LogP) is 5.80. The molecule has 2 aromatic heterocycles. The van der Waals surface area contributed by atoms with Crippen molar-refractivity contribution in [1.82, 2.24) is 20.2 Å². The molecule has 1 aliphatic heterocycles. The number of rotatable bonds is 10. The number of carbonyl (C=O) groups is 2. The summed E-state index contributed by atoms with van der Waals surface area (Å²) in [6, 6.07) is -0.144. The van der Waals surface area contributed by atoms with Crippen molar-refractivity contribution >= 4 is 29.0 Å². The predicted molar refractivity (Wildman–Crippen MR) is 142 cm³/mol. The van der Waals surface area contributed by atoms with Gasteiger partial charge in [-0.3, -0.25) is 9.59 Å². The Hall–Kier alpha value is -2.87. The number of anilines is 1. The average Bonchev–Trinajstić information content (AvgIpc) is 3.45. The number of halogens is 5. The van der Waals surface area contributed by atoms with Gasteiger partial charge in [-0.05, 0) is 53.0 Å². The third-order valence-electron chi connectivity index (χ3n) is 6.96. The highest BCUT2D eigenvalue weighted by atomic mass is 32.1. The maximum absolute atomic E-state index is 14.2. The molecule has 2 amide bonds. The van der Waals surface area contributed by atoms with Crippen LogP contribution in [0.1, 0.15) is 92.6 Å². The zero-order valence-corrected chi connectivity index (χ0v) is 23.7. The zero-order chi connectivity index (χ0) is 30.0. The van der Waals surface area contributed by atoms with Gasteiger partial charge in [-0.1, -0.05) is 13.3 Å². The topological polar surface area (TPSA) is 107 Å². The van der Waals surface area contributed by atoms with Crippen molar-refractivity contribution in [1.29, 1.82) is 0 Å². The standard InChI is InChI=1S/C26H34F5N5O3S/c1-6-7-15-9-8-13(2)36(15)24(38)19-20(40-23(35-19)22(37)34-14(3)25(4,5)39)17-11-32-18(10-16(17)21(27)28)33-12-26(29,30)31/h10-11,13-15,21,39H,6-9,12H2,1-5H3,(H,32,33)(H,34,37). The number of aromatic nitrogens is 2. The van der Waals surface area contributed by atoms with Crippen LogP contribution in [0.2, 0.25) is 0 Å². The fourth-order valence-corrected chi connectivity index (χ4v) is 5.48. The minimum Gasteiger partial charge on any atom is -0.388 e. The Balaban J connectivity index is 2.11. The van der Waals surface area contributed by atoms with Crippen LogP contribution in [0.5, 0.6) is 0 Å². The molecular weight excluding hydrogens is 557 g/mol. The quantitative estimate of drug-likeness (QED) is 0.302. The molecule has 222 valence electrons. The lowest BCUT2D eigenvalue weighted by atomic mass is 10.0. The van der Waals surface area contributed by atoms with Crippen LogP contribution in [-0.2, 0) is 0 Å². The third-order valence-corrected chi connectivity index (χ3v) is 8.05. The van der Waals surface area contributed by atoms with Crippen LogP contribution in [0.15, 0.2) is 12.3 Å². The smallest absolute Gasteiger partial charge is 0.388 e. The van der Waals surface area contributed by atoms with E-state index in [1.165, 1.54) is 13.8 Å². The lowest BCUT2D eigenvalue weighted by Crippen LogP contribution is -2.47. The zero-order valence-electron chi connectivity index (χ0n) is 22.9. The molecule has 3 atom stereocenters. The van der Waals surface area contributed by atoms with E-state index in [4.69, 9.17) is 0 Å². The van der Waals surface area contributed by atoms with Crippen molar-refractivity contribution in [3.05, 3.63) is 28.5 Å². The van der Waals surface area contributed by atoms with Crippen molar-refractivity contribution in [3.8, 4) is 10.4 Å². The van der Waals surface area contributed by atoms with Gasteiger partial charge < -0.3 is 20.6 Å². The summed E-state index contributed by atoms with van der Waals surface area (Å²) in [5.41, 5.74) is -2.35. The highest BCUT2D eigenvalue weighted by molar-refractivity contribution is 7.17. The van der Waals surface area contributed by atoms with Gasteiger partial charge in [0, 0.05) is 29.4 Å². The molecule has 0 saturated carbocycles. The number of pyridine rings is 1. The number of hydrogen-bond acceptors (Lipinski definition) is 7. The van der Waals surface area contributed by atoms with Gasteiger partial charge in [0.1, 0.15) is 18.1 Å². The summed E-state index contributed by atoms with van der Waals surface area (Å²) in [6.45, 7) is 6.97. The summed E-state index contributed by atoms with van der Waals surface area (Å²) in [5.74, 6) is -1.65. The second kappa shape index (κ2) is 12.3. The SMILES string of the molecule is CCCC1CCC(C)N1C(=O)c1nc(C(=O)NC(C)C(C)(C)O)sc1-c1cnc(NCC(F)(F)F)cc1C(F)F. The summed E-state index contributed by atoms with van der Waals surface area (Å²) in [7, 11) is 0. The fourth-order valence-electron chi connectivity index (χ4n) is 4.48. The Morgan fingerprint density at radius 1 is 1.25 bits per heavy atom. The molecule has 3 heterocycles. The number of likely N-dealkylation sites (tertiary alicyclic amines) is 1. The minimum absolute atomic E-state index is 0.0365. The van der Waals surface area contributed by atoms with Gasteiger partial charge in [0.2, 0.25) is 0 Å². The van der Waals surface area contributed by atoms with E-state index in [-0.39, 0.29) is 33.2 Å². The number of carbonyl (C=O) groups excluding carboxylic acids is 2. The number of aliphatic hydroxyl groups is 1. The summed E-state index contributed by atoms with van der Waals surface area (Å²) in [4.78, 5) is 36.7. The van der Waals surface area contributed by atoms with Crippen LogP contribution in [-0.4, -0.2) is 68.2 Å². The van der Waals surface area contributed by atoms with E-state index >= 15 is 0 Å². The lowest BCUT2D eigenvalue weighted by molar-refractivity contribution is -0.115. The van der Waals surface area contributed by atoms with Gasteiger partial charge in [0.15, 0.2) is 5.01 Å². The lowest BCUT2D eigenvalue weighted by Gasteiger charge is -2.28. The van der Waals surface area contributed by atoms with E-state index < -0.39 is 54.0 Å². The normalized spacial score (nSPS) is 18.8. The molecule has 0 bridgehead atoms. The molecule has 1 fully saturated rings. The number of nitrogens with zero attached hydrogens (tertiary/aromatic N) is 3. The van der Waals surface area contributed by atoms with Crippen molar-refractivity contribution in [2.45, 2.75) is 96.6 Å². The molecule has 0 radical (unpaired) electrons. The number of alkyl halides is 5. The van der Waals surface area contributed by atoms with Gasteiger partial charge >= 0.3 is 6.18 Å². The van der Waals surface area contributed by atoms with E-state index in [0.717, 1.165) is 37.9 Å². The fraction of sp³-hybridized carbons (Fsp3) is 0.615. The van der Waals surface area contributed by atoms with Crippen molar-refractivity contribution in [3.63, 3.8) is 0 Å². The van der Waals surface area contributed by atoms with Crippen molar-refractivity contribution < 1.29 is 36.6 Å². The van der Waals surface area contributed by atoms with Crippen LogP contribution >= 0.6 is 11.3 Å². The molecule has 1 aliphatic rings. The van der Waals surface area contributed by atoms with E-state index in [0.29, 0.717) is 11.3 Å². The molecular formula is C26H34F5N5O3S. The molecule has 1 saturated heterocycles. The summed E-state index contributed by atoms with van der Waals surface area (Å²) in [6.07, 6.45) is -3.69. The largest absolute Gasteiger partial charge is 0.405 e. The molecule has 2 aromatic rings. The van der Waals surface area contributed by atoms with Crippen LogP contribution in [0.25, 0.3) is 10.4 Å². The molecule has 0 aromatic carbocycles. The first-order chi connectivity index (χ1) is 18.5. The van der Waals surface area contributed by atoms with Crippen molar-refractivity contribution in [2.24, 2.45) is 0 Å². The van der Waals surface area contributed by atoms with E-state index in [1.807, 2.05) is 19.2 Å². The number of amides is 2. The molecule has 0 spiro atoms. The van der Waals surface area contributed by atoms with Gasteiger partial charge in [0.05, 0.1) is 16.5 Å². The Kier molecular flexibility index (Phi) is 9.76. The molecule has 8 nitrogen and oxygen atoms in total. The van der Waals surface area contributed by atoms with Crippen LogP contribution in [0.4, 0.5) is 27.8 Å². The number of hydrogen-bond donors (Lipinski definition) is 3.